The smallest absolute Gasteiger partial charge is 0.317 e. The molecular weight excluding hydrogens is 373 g/mol. The molecule has 0 unspecified atom stereocenters. The molecule has 0 fully saturated rings. The van der Waals surface area contributed by atoms with E-state index in [0.29, 0.717) is 0 Å². The second-order valence-corrected chi connectivity index (χ2v) is 25.4. The molecule has 0 aromatic heterocycles. The Morgan fingerprint density at radius 2 is 1.00 bits per heavy atom. The van der Waals surface area contributed by atoms with Crippen LogP contribution in [0.1, 0.15) is 41.5 Å². The van der Waals surface area contributed by atoms with Gasteiger partial charge in [-0.25, -0.2) is 0 Å². The van der Waals surface area contributed by atoms with Crippen LogP contribution in [-0.2, 0) is 8.23 Å². The van der Waals surface area contributed by atoms with Crippen molar-refractivity contribution < 1.29 is 8.23 Å². The maximum atomic E-state index is 6.93. The van der Waals surface area contributed by atoms with Gasteiger partial charge in [0.05, 0.1) is 8.07 Å². The third-order valence-corrected chi connectivity index (χ3v) is 22.4. The first-order chi connectivity index (χ1) is 11.5. The van der Waals surface area contributed by atoms with Crippen molar-refractivity contribution in [2.24, 2.45) is 0 Å². The van der Waals surface area contributed by atoms with E-state index in [1.807, 2.05) is 0 Å². The van der Waals surface area contributed by atoms with Crippen LogP contribution in [-0.4, -0.2) is 33.3 Å². The lowest BCUT2D eigenvalue weighted by Gasteiger charge is -2.40. The monoisotopic (exact) mass is 416 g/mol. The molecule has 0 aliphatic carbocycles. The lowest BCUT2D eigenvalue weighted by atomic mass is 10.8. The first-order valence-electron chi connectivity index (χ1n) is 10.2. The molecule has 0 heterocycles. The van der Waals surface area contributed by atoms with Crippen molar-refractivity contribution in [3.8, 4) is 0 Å². The van der Waals surface area contributed by atoms with Crippen LogP contribution in [0.3, 0.4) is 0 Å². The molecule has 0 aromatic carbocycles. The summed E-state index contributed by atoms with van der Waals surface area (Å²) in [6, 6.07) is 6.09. The van der Waals surface area contributed by atoms with E-state index in [1.54, 1.807) is 0 Å². The van der Waals surface area contributed by atoms with Gasteiger partial charge in [-0.05, 0) is 45.2 Å². The molecule has 0 saturated carbocycles. The van der Waals surface area contributed by atoms with Crippen LogP contribution < -0.4 is 0 Å². The van der Waals surface area contributed by atoms with Crippen LogP contribution in [0.15, 0.2) is 23.2 Å². The van der Waals surface area contributed by atoms with Crippen molar-refractivity contribution in [3.05, 3.63) is 23.2 Å². The molecule has 6 heteroatoms. The Bertz CT molecular complexity index is 428. The van der Waals surface area contributed by atoms with Crippen LogP contribution >= 0.6 is 0 Å². The number of hydrogen-bond donors (Lipinski definition) is 0. The quantitative estimate of drug-likeness (QED) is 0.314. The summed E-state index contributed by atoms with van der Waals surface area (Å²) in [7, 11) is -7.05. The van der Waals surface area contributed by atoms with Crippen molar-refractivity contribution in [2.75, 3.05) is 0 Å². The van der Waals surface area contributed by atoms with E-state index in [1.165, 1.54) is 18.1 Å². The molecule has 0 aromatic rings. The Hall–Kier alpha value is 0.268. The molecule has 0 radical (unpaired) electrons. The zero-order valence-electron chi connectivity index (χ0n) is 18.7. The molecule has 0 atom stereocenters. The van der Waals surface area contributed by atoms with Crippen LogP contribution in [0.2, 0.25) is 56.4 Å². The summed E-state index contributed by atoms with van der Waals surface area (Å²) in [6.07, 6.45) is 2.14. The number of rotatable bonds is 12. The third-order valence-electron chi connectivity index (χ3n) is 5.49. The molecule has 0 rings (SSSR count). The Morgan fingerprint density at radius 3 is 1.32 bits per heavy atom. The molecule has 0 spiro atoms. The summed E-state index contributed by atoms with van der Waals surface area (Å²) in [5.74, 6) is 0. The van der Waals surface area contributed by atoms with Crippen molar-refractivity contribution >= 4 is 33.3 Å². The maximum absolute atomic E-state index is 6.93. The molecule has 148 valence electrons. The van der Waals surface area contributed by atoms with Gasteiger partial charge in [0.1, 0.15) is 0 Å². The van der Waals surface area contributed by atoms with E-state index in [9.17, 15) is 0 Å². The van der Waals surface area contributed by atoms with Gasteiger partial charge in [-0.1, -0.05) is 75.9 Å². The van der Waals surface area contributed by atoms with Gasteiger partial charge >= 0.3 is 8.56 Å². The Labute approximate surface area is 162 Å². The van der Waals surface area contributed by atoms with E-state index in [4.69, 9.17) is 8.23 Å². The highest BCUT2D eigenvalue weighted by Crippen LogP contribution is 2.29. The Morgan fingerprint density at radius 1 is 0.600 bits per heavy atom. The van der Waals surface area contributed by atoms with Gasteiger partial charge in [0.15, 0.2) is 16.6 Å². The molecule has 0 aliphatic heterocycles. The van der Waals surface area contributed by atoms with E-state index >= 15 is 0 Å². The second-order valence-electron chi connectivity index (χ2n) is 8.29. The predicted octanol–water partition coefficient (Wildman–Crippen LogP) is 7.17. The normalized spacial score (nSPS) is 14.8. The van der Waals surface area contributed by atoms with Crippen molar-refractivity contribution in [1.82, 2.24) is 0 Å². The van der Waals surface area contributed by atoms with Gasteiger partial charge < -0.3 is 8.23 Å². The van der Waals surface area contributed by atoms with Gasteiger partial charge in [-0.2, -0.15) is 0 Å². The lowest BCUT2D eigenvalue weighted by molar-refractivity contribution is 0.381. The molecule has 0 saturated heterocycles. The highest BCUT2D eigenvalue weighted by atomic mass is 28.5. The largest absolute Gasteiger partial charge is 0.433 e. The van der Waals surface area contributed by atoms with Crippen LogP contribution in [0.25, 0.3) is 0 Å². The molecule has 0 bridgehead atoms. The molecule has 2 nitrogen and oxygen atoms in total. The Balaban J connectivity index is 5.48. The highest BCUT2D eigenvalue weighted by molar-refractivity contribution is 6.92. The molecule has 25 heavy (non-hydrogen) atoms. The van der Waals surface area contributed by atoms with Gasteiger partial charge in [0.2, 0.25) is 0 Å². The van der Waals surface area contributed by atoms with Gasteiger partial charge in [0, 0.05) is 0 Å². The summed E-state index contributed by atoms with van der Waals surface area (Å²) in [5, 5.41) is 0. The van der Waals surface area contributed by atoms with Crippen molar-refractivity contribution in [2.45, 2.75) is 98.0 Å². The zero-order valence-corrected chi connectivity index (χ0v) is 22.7. The fraction of sp³-hybridized carbons (Fsp3) is 0.789. The molecule has 0 amide bonds. The van der Waals surface area contributed by atoms with Gasteiger partial charge in [-0.3, -0.25) is 0 Å². The topological polar surface area (TPSA) is 18.5 Å². The lowest BCUT2D eigenvalue weighted by Crippen LogP contribution is -2.54. The summed E-state index contributed by atoms with van der Waals surface area (Å²) in [5.41, 5.74) is 7.39. The van der Waals surface area contributed by atoms with E-state index in [0.717, 1.165) is 12.1 Å². The maximum Gasteiger partial charge on any atom is 0.317 e. The second kappa shape index (κ2) is 10.6. The van der Waals surface area contributed by atoms with Gasteiger partial charge in [-0.15, -0.1) is 0 Å². The first-order valence-corrected chi connectivity index (χ1v) is 21.1. The van der Waals surface area contributed by atoms with Crippen LogP contribution in [0.4, 0.5) is 0 Å². The highest BCUT2D eigenvalue weighted by Gasteiger charge is 2.43. The zero-order chi connectivity index (χ0) is 19.8. The number of allylic oxidation sites excluding steroid dienone is 1. The summed E-state index contributed by atoms with van der Waals surface area (Å²) in [4.78, 5) is 0. The average Bonchev–Trinajstić information content (AvgIpc) is 2.55. The third kappa shape index (κ3) is 8.22. The van der Waals surface area contributed by atoms with Gasteiger partial charge in [0.25, 0.3) is 0 Å². The fourth-order valence-electron chi connectivity index (χ4n) is 3.47. The average molecular weight is 417 g/mol. The van der Waals surface area contributed by atoms with E-state index < -0.39 is 33.3 Å². The summed E-state index contributed by atoms with van der Waals surface area (Å²) in [6.45, 7) is 23.0. The van der Waals surface area contributed by atoms with Crippen molar-refractivity contribution in [3.63, 3.8) is 0 Å². The first kappa shape index (κ1) is 25.3. The summed E-state index contributed by atoms with van der Waals surface area (Å²) < 4.78 is 13.7. The minimum Gasteiger partial charge on any atom is -0.433 e. The standard InChI is InChI=1S/C19H44O2Si4/c1-11-17-22(7,8)20-25(15-5,16-6)21-23(9,10)18-19-24(12-2,13-3)14-4/h11,17-19H,12-16H2,1-10H3. The predicted molar refractivity (Wildman–Crippen MR) is 125 cm³/mol. The Kier molecular flexibility index (Phi) is 10.7. The molecular formula is C19H44O2Si4. The van der Waals surface area contributed by atoms with Crippen molar-refractivity contribution in [1.29, 1.82) is 0 Å². The summed E-state index contributed by atoms with van der Waals surface area (Å²) >= 11 is 0. The molecule has 0 N–H and O–H groups in total. The van der Waals surface area contributed by atoms with Crippen LogP contribution in [0.5, 0.6) is 0 Å². The SMILES string of the molecule is CC=C[Si](C)(C)O[Si](CC)(CC)O[Si](C)(C)C=C[Si](CC)(CC)CC. The fourth-order valence-corrected chi connectivity index (χ4v) is 21.1. The number of hydrogen-bond acceptors (Lipinski definition) is 2. The van der Waals surface area contributed by atoms with Crippen LogP contribution in [0, 0.1) is 0 Å². The minimum atomic E-state index is -2.14. The van der Waals surface area contributed by atoms with E-state index in [2.05, 4.69) is 90.9 Å². The minimum absolute atomic E-state index is 1.04. The molecule has 0 aliphatic rings. The van der Waals surface area contributed by atoms with E-state index in [-0.39, 0.29) is 0 Å².